The molecule has 0 spiro atoms. The van der Waals surface area contributed by atoms with Gasteiger partial charge in [0, 0.05) is 18.7 Å². The molecule has 1 N–H and O–H groups in total. The Hall–Kier alpha value is -2.61. The molecule has 0 bridgehead atoms. The molecular formula is C17H21N3O5. The first-order chi connectivity index (χ1) is 12.0. The van der Waals surface area contributed by atoms with Gasteiger partial charge in [-0.3, -0.25) is 9.36 Å². The number of aromatic nitrogens is 2. The number of anilines is 1. The Balaban J connectivity index is 1.66. The van der Waals surface area contributed by atoms with Crippen molar-refractivity contribution < 1.29 is 18.7 Å². The highest BCUT2D eigenvalue weighted by molar-refractivity contribution is 5.65. The quantitative estimate of drug-likeness (QED) is 0.798. The van der Waals surface area contributed by atoms with Crippen molar-refractivity contribution in [1.29, 1.82) is 0 Å². The van der Waals surface area contributed by atoms with Crippen LogP contribution in [-0.4, -0.2) is 28.2 Å². The monoisotopic (exact) mass is 347 g/mol. The molecule has 2 aromatic heterocycles. The van der Waals surface area contributed by atoms with Crippen LogP contribution in [0.25, 0.3) is 0 Å². The summed E-state index contributed by atoms with van der Waals surface area (Å²) < 4.78 is 17.5. The van der Waals surface area contributed by atoms with Crippen molar-refractivity contribution in [2.45, 2.75) is 45.6 Å². The molecule has 0 radical (unpaired) electrons. The predicted molar refractivity (Wildman–Crippen MR) is 89.0 cm³/mol. The van der Waals surface area contributed by atoms with Gasteiger partial charge in [-0.15, -0.1) is 0 Å². The summed E-state index contributed by atoms with van der Waals surface area (Å²) in [6, 6.07) is 3.65. The first kappa shape index (κ1) is 17.2. The highest BCUT2D eigenvalue weighted by Gasteiger charge is 2.28. The Morgan fingerprint density at radius 2 is 2.32 bits per heavy atom. The highest BCUT2D eigenvalue weighted by Crippen LogP contribution is 2.27. The van der Waals surface area contributed by atoms with Gasteiger partial charge in [0.1, 0.15) is 24.4 Å². The van der Waals surface area contributed by atoms with Crippen LogP contribution in [0.15, 0.2) is 33.8 Å². The Morgan fingerprint density at radius 1 is 1.48 bits per heavy atom. The van der Waals surface area contributed by atoms with Gasteiger partial charge >= 0.3 is 11.7 Å². The van der Waals surface area contributed by atoms with Crippen LogP contribution in [0.2, 0.25) is 0 Å². The van der Waals surface area contributed by atoms with Crippen molar-refractivity contribution in [2.24, 2.45) is 0 Å². The first-order valence-electron chi connectivity index (χ1n) is 8.18. The minimum atomic E-state index is -0.390. The van der Waals surface area contributed by atoms with Crippen LogP contribution in [0.3, 0.4) is 0 Å². The molecule has 0 saturated carbocycles. The highest BCUT2D eigenvalue weighted by atomic mass is 16.6. The van der Waals surface area contributed by atoms with Gasteiger partial charge in [0.15, 0.2) is 0 Å². The largest absolute Gasteiger partial charge is 0.467 e. The third kappa shape index (κ3) is 4.27. The van der Waals surface area contributed by atoms with Crippen molar-refractivity contribution >= 4 is 11.8 Å². The number of nitrogens with one attached hydrogen (secondary N) is 1. The molecule has 1 saturated heterocycles. The summed E-state index contributed by atoms with van der Waals surface area (Å²) in [5.41, 5.74) is 0.448. The molecule has 0 aliphatic carbocycles. The van der Waals surface area contributed by atoms with Gasteiger partial charge in [0.05, 0.1) is 18.9 Å². The lowest BCUT2D eigenvalue weighted by Gasteiger charge is -2.17. The fourth-order valence-electron chi connectivity index (χ4n) is 2.76. The number of rotatable bonds is 6. The van der Waals surface area contributed by atoms with Gasteiger partial charge in [0.25, 0.3) is 0 Å². The molecule has 8 nitrogen and oxygen atoms in total. The number of esters is 1. The van der Waals surface area contributed by atoms with E-state index in [4.69, 9.17) is 13.9 Å². The molecule has 2 aromatic rings. The molecule has 2 atom stereocenters. The Labute approximate surface area is 144 Å². The van der Waals surface area contributed by atoms with E-state index in [9.17, 15) is 9.59 Å². The number of carbonyl (C=O) groups excluding carboxylic acids is 1. The topological polar surface area (TPSA) is 95.6 Å². The van der Waals surface area contributed by atoms with E-state index < -0.39 is 6.23 Å². The number of hydrogen-bond acceptors (Lipinski definition) is 7. The van der Waals surface area contributed by atoms with E-state index in [1.807, 2.05) is 13.0 Å². The van der Waals surface area contributed by atoms with Crippen molar-refractivity contribution in [3.8, 4) is 0 Å². The molecule has 25 heavy (non-hydrogen) atoms. The summed E-state index contributed by atoms with van der Waals surface area (Å²) in [6.45, 7) is 3.89. The summed E-state index contributed by atoms with van der Waals surface area (Å²) in [5, 5.41) is 3.10. The van der Waals surface area contributed by atoms with Crippen molar-refractivity contribution in [3.05, 3.63) is 46.4 Å². The summed E-state index contributed by atoms with van der Waals surface area (Å²) >= 11 is 0. The van der Waals surface area contributed by atoms with Crippen LogP contribution in [0, 0.1) is 6.92 Å². The van der Waals surface area contributed by atoms with E-state index in [0.29, 0.717) is 18.8 Å². The Bertz CT molecular complexity index is 784. The fraction of sp³-hybridized carbons (Fsp3) is 0.471. The number of aryl methyl sites for hydroxylation is 1. The van der Waals surface area contributed by atoms with Crippen LogP contribution >= 0.6 is 0 Å². The van der Waals surface area contributed by atoms with Gasteiger partial charge in [-0.1, -0.05) is 0 Å². The number of ether oxygens (including phenoxy) is 2. The van der Waals surface area contributed by atoms with E-state index in [1.165, 1.54) is 11.5 Å². The fourth-order valence-corrected chi connectivity index (χ4v) is 2.76. The van der Waals surface area contributed by atoms with Crippen LogP contribution in [-0.2, 0) is 20.8 Å². The number of carbonyl (C=O) groups is 1. The van der Waals surface area contributed by atoms with Crippen LogP contribution in [0.1, 0.15) is 37.3 Å². The molecule has 0 amide bonds. The van der Waals surface area contributed by atoms with E-state index in [2.05, 4.69) is 10.3 Å². The summed E-state index contributed by atoms with van der Waals surface area (Å²) in [4.78, 5) is 27.3. The summed E-state index contributed by atoms with van der Waals surface area (Å²) in [6.07, 6.45) is 4.14. The zero-order chi connectivity index (χ0) is 17.8. The number of nitrogens with zero attached hydrogens (tertiary/aromatic N) is 2. The average Bonchev–Trinajstić information content (AvgIpc) is 3.24. The third-order valence-electron chi connectivity index (χ3n) is 4.01. The standard InChI is InChI=1S/C17H21N3O5/c1-11-9-20(15-6-5-14(25-15)10-24-12(2)21)17(22)19-16(11)18-8-13-4-3-7-23-13/h3-4,7,9,14-15H,5-6,8,10H2,1-2H3,(H,18,19,22)/t14-,15+/m0/s1. The van der Waals surface area contributed by atoms with Gasteiger partial charge in [-0.25, -0.2) is 4.79 Å². The summed E-state index contributed by atoms with van der Waals surface area (Å²) in [7, 11) is 0. The maximum atomic E-state index is 12.3. The van der Waals surface area contributed by atoms with Gasteiger partial charge in [-0.2, -0.15) is 4.98 Å². The smallest absolute Gasteiger partial charge is 0.351 e. The maximum absolute atomic E-state index is 12.3. The lowest BCUT2D eigenvalue weighted by Crippen LogP contribution is -2.29. The van der Waals surface area contributed by atoms with E-state index in [1.54, 1.807) is 18.5 Å². The molecule has 1 aliphatic heterocycles. The van der Waals surface area contributed by atoms with Gasteiger partial charge < -0.3 is 19.2 Å². The van der Waals surface area contributed by atoms with Gasteiger partial charge in [-0.05, 0) is 31.9 Å². The summed E-state index contributed by atoms with van der Waals surface area (Å²) in [5.74, 6) is 0.943. The molecule has 1 fully saturated rings. The molecule has 0 unspecified atom stereocenters. The number of furan rings is 1. The van der Waals surface area contributed by atoms with Crippen LogP contribution < -0.4 is 11.0 Å². The van der Waals surface area contributed by atoms with Crippen molar-refractivity contribution in [2.75, 3.05) is 11.9 Å². The zero-order valence-corrected chi connectivity index (χ0v) is 14.2. The molecular weight excluding hydrogens is 326 g/mol. The third-order valence-corrected chi connectivity index (χ3v) is 4.01. The Morgan fingerprint density at radius 3 is 3.04 bits per heavy atom. The predicted octanol–water partition coefficient (Wildman–Crippen LogP) is 2.00. The molecule has 134 valence electrons. The molecule has 3 rings (SSSR count). The van der Waals surface area contributed by atoms with Crippen molar-refractivity contribution in [1.82, 2.24) is 9.55 Å². The van der Waals surface area contributed by atoms with Crippen LogP contribution in [0.5, 0.6) is 0 Å². The minimum absolute atomic E-state index is 0.196. The van der Waals surface area contributed by atoms with Crippen LogP contribution in [0.4, 0.5) is 5.82 Å². The average molecular weight is 347 g/mol. The molecule has 3 heterocycles. The van der Waals surface area contributed by atoms with Gasteiger partial charge in [0.2, 0.25) is 0 Å². The maximum Gasteiger partial charge on any atom is 0.351 e. The van der Waals surface area contributed by atoms with E-state index in [0.717, 1.165) is 17.7 Å². The number of hydrogen-bond donors (Lipinski definition) is 1. The van der Waals surface area contributed by atoms with E-state index in [-0.39, 0.29) is 24.4 Å². The molecule has 8 heteroatoms. The lowest BCUT2D eigenvalue weighted by molar-refractivity contribution is -0.145. The second-order valence-electron chi connectivity index (χ2n) is 5.99. The SMILES string of the molecule is CC(=O)OC[C@@H]1CC[C@H](n2cc(C)c(NCc3ccco3)nc2=O)O1. The normalized spacial score (nSPS) is 19.8. The second-order valence-corrected chi connectivity index (χ2v) is 5.99. The molecule has 0 aromatic carbocycles. The minimum Gasteiger partial charge on any atom is -0.467 e. The lowest BCUT2D eigenvalue weighted by atomic mass is 10.2. The van der Waals surface area contributed by atoms with Crippen molar-refractivity contribution in [3.63, 3.8) is 0 Å². The Kier molecular flexibility index (Phi) is 5.18. The van der Waals surface area contributed by atoms with E-state index >= 15 is 0 Å². The first-order valence-corrected chi connectivity index (χ1v) is 8.18. The second kappa shape index (κ2) is 7.52. The molecule has 1 aliphatic rings. The zero-order valence-electron chi connectivity index (χ0n) is 14.2.